The van der Waals surface area contributed by atoms with Gasteiger partial charge >= 0.3 is 0 Å². The van der Waals surface area contributed by atoms with Gasteiger partial charge in [0.2, 0.25) is 0 Å². The van der Waals surface area contributed by atoms with Crippen LogP contribution in [0.5, 0.6) is 5.75 Å². The van der Waals surface area contributed by atoms with E-state index in [0.717, 1.165) is 0 Å². The third-order valence-corrected chi connectivity index (χ3v) is 5.59. The fourth-order valence-corrected chi connectivity index (χ4v) is 3.83. The van der Waals surface area contributed by atoms with Crippen molar-refractivity contribution in [3.05, 3.63) is 76.9 Å². The van der Waals surface area contributed by atoms with Gasteiger partial charge < -0.3 is 20.1 Å². The van der Waals surface area contributed by atoms with Crippen molar-refractivity contribution in [2.24, 2.45) is 0 Å². The van der Waals surface area contributed by atoms with Crippen molar-refractivity contribution in [3.63, 3.8) is 0 Å². The first kappa shape index (κ1) is 21.2. The average Bonchev–Trinajstić information content (AvgIpc) is 2.78. The molecule has 2 heterocycles. The number of aliphatic hydroxyl groups is 1. The van der Waals surface area contributed by atoms with Crippen LogP contribution >= 0.6 is 11.6 Å². The minimum atomic E-state index is -0.373. The molecule has 0 radical (unpaired) electrons. The summed E-state index contributed by atoms with van der Waals surface area (Å²) < 4.78 is 5.93. The number of fused-ring (bicyclic) bond motifs is 1. The second-order valence-corrected chi connectivity index (χ2v) is 8.12. The normalized spacial score (nSPS) is 15.4. The number of para-hydroxylation sites is 1. The molecular formula is C24H24ClN3O3. The summed E-state index contributed by atoms with van der Waals surface area (Å²) in [5, 5.41) is 13.3. The molecule has 1 aromatic heterocycles. The number of ether oxygens (including phenoxy) is 1. The SMILES string of the molecule is CC(C)c1ccc(NC(=O)c2cccc3c2OCC(CO)N3c2ncccc2Cl)cc1. The topological polar surface area (TPSA) is 74.7 Å². The van der Waals surface area contributed by atoms with E-state index in [0.29, 0.717) is 39.4 Å². The number of rotatable bonds is 5. The van der Waals surface area contributed by atoms with Crippen molar-refractivity contribution in [1.82, 2.24) is 4.98 Å². The van der Waals surface area contributed by atoms with Crippen LogP contribution in [0.2, 0.25) is 5.02 Å². The van der Waals surface area contributed by atoms with Crippen LogP contribution in [0.25, 0.3) is 0 Å². The van der Waals surface area contributed by atoms with E-state index in [1.165, 1.54) is 5.56 Å². The van der Waals surface area contributed by atoms with Crippen LogP contribution in [0.3, 0.4) is 0 Å². The molecule has 1 amide bonds. The van der Waals surface area contributed by atoms with E-state index in [9.17, 15) is 9.90 Å². The number of carbonyl (C=O) groups is 1. The number of nitrogens with one attached hydrogen (secondary N) is 1. The zero-order chi connectivity index (χ0) is 22.0. The molecule has 4 rings (SSSR count). The Morgan fingerprint density at radius 2 is 2.00 bits per heavy atom. The van der Waals surface area contributed by atoms with Gasteiger partial charge in [-0.1, -0.05) is 43.6 Å². The van der Waals surface area contributed by atoms with Gasteiger partial charge in [0.1, 0.15) is 6.61 Å². The van der Waals surface area contributed by atoms with Crippen molar-refractivity contribution in [2.45, 2.75) is 25.8 Å². The van der Waals surface area contributed by atoms with Gasteiger partial charge in [-0.3, -0.25) is 4.79 Å². The largest absolute Gasteiger partial charge is 0.488 e. The fraction of sp³-hybridized carbons (Fsp3) is 0.250. The summed E-state index contributed by atoms with van der Waals surface area (Å²) >= 11 is 6.39. The van der Waals surface area contributed by atoms with Crippen LogP contribution in [0.15, 0.2) is 60.8 Å². The van der Waals surface area contributed by atoms with Gasteiger partial charge in [0, 0.05) is 11.9 Å². The number of halogens is 1. The van der Waals surface area contributed by atoms with E-state index in [-0.39, 0.29) is 25.2 Å². The Morgan fingerprint density at radius 1 is 1.23 bits per heavy atom. The first-order valence-corrected chi connectivity index (χ1v) is 10.5. The van der Waals surface area contributed by atoms with Gasteiger partial charge in [-0.15, -0.1) is 0 Å². The Morgan fingerprint density at radius 3 is 2.68 bits per heavy atom. The summed E-state index contributed by atoms with van der Waals surface area (Å²) in [4.78, 5) is 19.3. The molecule has 0 bridgehead atoms. The Bertz CT molecular complexity index is 1090. The first-order valence-electron chi connectivity index (χ1n) is 10.2. The number of aliphatic hydroxyl groups excluding tert-OH is 1. The lowest BCUT2D eigenvalue weighted by Crippen LogP contribution is -2.43. The lowest BCUT2D eigenvalue weighted by molar-refractivity contribution is 0.102. The molecule has 0 saturated heterocycles. The summed E-state index contributed by atoms with van der Waals surface area (Å²) in [6.45, 7) is 4.30. The number of anilines is 3. The van der Waals surface area contributed by atoms with E-state index >= 15 is 0 Å². The van der Waals surface area contributed by atoms with E-state index in [1.807, 2.05) is 35.2 Å². The predicted octanol–water partition coefficient (Wildman–Crippen LogP) is 5.00. The molecule has 31 heavy (non-hydrogen) atoms. The number of benzene rings is 2. The Balaban J connectivity index is 1.68. The first-order chi connectivity index (χ1) is 15.0. The number of pyridine rings is 1. The van der Waals surface area contributed by atoms with Crippen LogP contribution in [0.4, 0.5) is 17.2 Å². The van der Waals surface area contributed by atoms with E-state index in [4.69, 9.17) is 16.3 Å². The Hall–Kier alpha value is -3.09. The van der Waals surface area contributed by atoms with Crippen LogP contribution < -0.4 is 15.0 Å². The predicted molar refractivity (Wildman–Crippen MR) is 123 cm³/mol. The monoisotopic (exact) mass is 437 g/mol. The van der Waals surface area contributed by atoms with Crippen LogP contribution in [-0.2, 0) is 0 Å². The second kappa shape index (κ2) is 8.96. The van der Waals surface area contributed by atoms with Crippen molar-refractivity contribution >= 4 is 34.7 Å². The maximum Gasteiger partial charge on any atom is 0.259 e. The maximum atomic E-state index is 13.1. The third kappa shape index (κ3) is 4.22. The molecule has 1 aliphatic heterocycles. The molecule has 3 aromatic rings. The highest BCUT2D eigenvalue weighted by molar-refractivity contribution is 6.33. The van der Waals surface area contributed by atoms with Gasteiger partial charge in [-0.2, -0.15) is 0 Å². The fourth-order valence-electron chi connectivity index (χ4n) is 3.62. The zero-order valence-electron chi connectivity index (χ0n) is 17.4. The highest BCUT2D eigenvalue weighted by atomic mass is 35.5. The van der Waals surface area contributed by atoms with Crippen molar-refractivity contribution < 1.29 is 14.6 Å². The zero-order valence-corrected chi connectivity index (χ0v) is 18.1. The van der Waals surface area contributed by atoms with Gasteiger partial charge in [0.05, 0.1) is 28.9 Å². The number of aromatic nitrogens is 1. The van der Waals surface area contributed by atoms with Crippen molar-refractivity contribution in [3.8, 4) is 5.75 Å². The molecule has 7 heteroatoms. The number of nitrogens with zero attached hydrogens (tertiary/aromatic N) is 2. The molecule has 6 nitrogen and oxygen atoms in total. The molecule has 2 aromatic carbocycles. The number of amides is 1. The van der Waals surface area contributed by atoms with Gasteiger partial charge in [-0.05, 0) is 47.9 Å². The molecule has 1 unspecified atom stereocenters. The summed E-state index contributed by atoms with van der Waals surface area (Å²) in [6.07, 6.45) is 1.64. The molecule has 2 N–H and O–H groups in total. The summed E-state index contributed by atoms with van der Waals surface area (Å²) in [5.41, 5.74) is 2.95. The lowest BCUT2D eigenvalue weighted by atomic mass is 10.0. The van der Waals surface area contributed by atoms with Crippen molar-refractivity contribution in [1.29, 1.82) is 0 Å². The van der Waals surface area contributed by atoms with Crippen molar-refractivity contribution in [2.75, 3.05) is 23.4 Å². The quantitative estimate of drug-likeness (QED) is 0.587. The Labute approximate surface area is 186 Å². The number of carbonyl (C=O) groups excluding carboxylic acids is 1. The molecule has 0 fully saturated rings. The van der Waals surface area contributed by atoms with Crippen LogP contribution in [-0.4, -0.2) is 35.3 Å². The van der Waals surface area contributed by atoms with Crippen LogP contribution in [0, 0.1) is 0 Å². The standard InChI is InChI=1S/C24H24ClN3O3/c1-15(2)16-8-10-17(11-9-16)27-24(30)19-5-3-7-21-22(19)31-14-18(13-29)28(21)23-20(25)6-4-12-26-23/h3-12,15,18,29H,13-14H2,1-2H3,(H,27,30). The van der Waals surface area contributed by atoms with E-state index in [1.54, 1.807) is 30.5 Å². The van der Waals surface area contributed by atoms with Gasteiger partial charge in [0.15, 0.2) is 11.6 Å². The average molecular weight is 438 g/mol. The Kier molecular flexibility index (Phi) is 6.11. The van der Waals surface area contributed by atoms with E-state index < -0.39 is 0 Å². The summed E-state index contributed by atoms with van der Waals surface area (Å²) in [5.74, 6) is 1.09. The number of hydrogen-bond acceptors (Lipinski definition) is 5. The molecule has 1 aliphatic rings. The maximum absolute atomic E-state index is 13.1. The molecule has 0 spiro atoms. The minimum absolute atomic E-state index is 0.148. The molecule has 0 saturated carbocycles. The number of hydrogen-bond donors (Lipinski definition) is 2. The molecular weight excluding hydrogens is 414 g/mol. The lowest BCUT2D eigenvalue weighted by Gasteiger charge is -2.37. The van der Waals surface area contributed by atoms with E-state index in [2.05, 4.69) is 24.1 Å². The molecule has 160 valence electrons. The molecule has 0 aliphatic carbocycles. The second-order valence-electron chi connectivity index (χ2n) is 7.71. The van der Waals surface area contributed by atoms with Gasteiger partial charge in [0.25, 0.3) is 5.91 Å². The van der Waals surface area contributed by atoms with Crippen LogP contribution in [0.1, 0.15) is 35.7 Å². The summed E-state index contributed by atoms with van der Waals surface area (Å²) in [7, 11) is 0. The highest BCUT2D eigenvalue weighted by Crippen LogP contribution is 2.42. The van der Waals surface area contributed by atoms with Gasteiger partial charge in [-0.25, -0.2) is 4.98 Å². The summed E-state index contributed by atoms with van der Waals surface area (Å²) in [6, 6.07) is 16.2. The third-order valence-electron chi connectivity index (χ3n) is 5.30. The smallest absolute Gasteiger partial charge is 0.259 e. The molecule has 1 atom stereocenters. The minimum Gasteiger partial charge on any atom is -0.488 e. The highest BCUT2D eigenvalue weighted by Gasteiger charge is 2.33.